The summed E-state index contributed by atoms with van der Waals surface area (Å²) in [7, 11) is 0. The number of carbonyl (C=O) groups excluding carboxylic acids is 1. The minimum absolute atomic E-state index is 0.265. The van der Waals surface area contributed by atoms with E-state index in [0.717, 1.165) is 12.2 Å². The molecule has 2 atom stereocenters. The predicted molar refractivity (Wildman–Crippen MR) is 61.8 cm³/mol. The number of hydrogen-bond acceptors (Lipinski definition) is 3. The molecule has 2 unspecified atom stereocenters. The largest absolute Gasteiger partial charge is 0.385 e. The fourth-order valence-corrected chi connectivity index (χ4v) is 3.72. The van der Waals surface area contributed by atoms with Crippen molar-refractivity contribution in [3.63, 3.8) is 0 Å². The minimum Gasteiger partial charge on any atom is -0.385 e. The van der Waals surface area contributed by atoms with Crippen molar-refractivity contribution in [2.45, 2.75) is 24.1 Å². The summed E-state index contributed by atoms with van der Waals surface area (Å²) in [4.78, 5) is 17.1. The highest BCUT2D eigenvalue weighted by atomic mass is 32.2. The number of carbonyl (C=O) groups is 1. The summed E-state index contributed by atoms with van der Waals surface area (Å²) in [6.45, 7) is 2.36. The molecule has 0 aromatic rings. The van der Waals surface area contributed by atoms with E-state index in [9.17, 15) is 4.79 Å². The first-order chi connectivity index (χ1) is 7.13. The Morgan fingerprint density at radius 3 is 3.13 bits per heavy atom. The molecule has 0 aliphatic carbocycles. The van der Waals surface area contributed by atoms with Crippen molar-refractivity contribution in [2.24, 2.45) is 10.7 Å². The Kier molecular flexibility index (Phi) is 2.39. The van der Waals surface area contributed by atoms with Crippen LogP contribution < -0.4 is 5.73 Å². The Balaban J connectivity index is 2.40. The summed E-state index contributed by atoms with van der Waals surface area (Å²) in [6, 6.07) is -0.292. The minimum atomic E-state index is -0.422. The highest BCUT2D eigenvalue weighted by Crippen LogP contribution is 2.42. The number of nitrogens with zero attached hydrogens (tertiary/aromatic N) is 2. The molecule has 1 spiro atoms. The molecule has 2 heterocycles. The summed E-state index contributed by atoms with van der Waals surface area (Å²) in [5.41, 5.74) is 5.46. The number of amidine groups is 1. The van der Waals surface area contributed by atoms with Crippen LogP contribution in [0.2, 0.25) is 0 Å². The van der Waals surface area contributed by atoms with Crippen LogP contribution >= 0.6 is 11.8 Å². The lowest BCUT2D eigenvalue weighted by Gasteiger charge is -2.36. The summed E-state index contributed by atoms with van der Waals surface area (Å²) < 4.78 is 0. The van der Waals surface area contributed by atoms with Gasteiger partial charge in [0, 0.05) is 5.25 Å². The molecule has 4 nitrogen and oxygen atoms in total. The fourth-order valence-electron chi connectivity index (χ4n) is 2.29. The standard InChI is InChI=1S/C10H13N3OS/c1-3-5-13-9(14)12-8(11)10(13)4-6-15-7(10)2/h1,7H,4-6H2,2H3,(H2,11,12,14). The van der Waals surface area contributed by atoms with E-state index in [1.165, 1.54) is 0 Å². The van der Waals surface area contributed by atoms with Gasteiger partial charge in [0.1, 0.15) is 11.4 Å². The number of amides is 2. The Morgan fingerprint density at radius 2 is 2.60 bits per heavy atom. The van der Waals surface area contributed by atoms with Gasteiger partial charge in [-0.15, -0.1) is 6.42 Å². The highest BCUT2D eigenvalue weighted by molar-refractivity contribution is 8.00. The monoisotopic (exact) mass is 223 g/mol. The lowest BCUT2D eigenvalue weighted by atomic mass is 9.90. The smallest absolute Gasteiger partial charge is 0.346 e. The summed E-state index contributed by atoms with van der Waals surface area (Å²) in [5, 5.41) is 0.265. The lowest BCUT2D eigenvalue weighted by molar-refractivity contribution is 0.182. The van der Waals surface area contributed by atoms with E-state index in [4.69, 9.17) is 12.2 Å². The van der Waals surface area contributed by atoms with Crippen molar-refractivity contribution in [3.8, 4) is 12.3 Å². The van der Waals surface area contributed by atoms with Gasteiger partial charge in [-0.3, -0.25) is 4.90 Å². The molecule has 15 heavy (non-hydrogen) atoms. The van der Waals surface area contributed by atoms with Gasteiger partial charge in [0.2, 0.25) is 0 Å². The van der Waals surface area contributed by atoms with Crippen LogP contribution in [0.3, 0.4) is 0 Å². The third-order valence-corrected chi connectivity index (χ3v) is 4.47. The van der Waals surface area contributed by atoms with E-state index < -0.39 is 5.54 Å². The molecule has 2 amide bonds. The first kappa shape index (κ1) is 10.4. The van der Waals surface area contributed by atoms with E-state index >= 15 is 0 Å². The number of aliphatic imine (C=N–C) groups is 1. The van der Waals surface area contributed by atoms with Gasteiger partial charge < -0.3 is 5.73 Å². The van der Waals surface area contributed by atoms with E-state index in [1.54, 1.807) is 16.7 Å². The van der Waals surface area contributed by atoms with Crippen molar-refractivity contribution in [2.75, 3.05) is 12.3 Å². The normalized spacial score (nSPS) is 34.7. The molecule has 1 saturated heterocycles. The van der Waals surface area contributed by atoms with Crippen molar-refractivity contribution in [1.29, 1.82) is 0 Å². The molecule has 2 rings (SSSR count). The maximum absolute atomic E-state index is 11.6. The Bertz CT molecular complexity index is 373. The SMILES string of the molecule is C#CCN1C(=O)N=C(N)C12CCSC2C. The number of urea groups is 1. The zero-order chi connectivity index (χ0) is 11.1. The van der Waals surface area contributed by atoms with Crippen LogP contribution in [0.15, 0.2) is 4.99 Å². The second-order valence-electron chi connectivity index (χ2n) is 3.76. The van der Waals surface area contributed by atoms with Gasteiger partial charge in [-0.1, -0.05) is 12.8 Å². The van der Waals surface area contributed by atoms with Crippen LogP contribution in [0.4, 0.5) is 4.79 Å². The predicted octanol–water partition coefficient (Wildman–Crippen LogP) is 0.677. The molecule has 0 bridgehead atoms. The van der Waals surface area contributed by atoms with Gasteiger partial charge >= 0.3 is 6.03 Å². The third kappa shape index (κ3) is 1.25. The van der Waals surface area contributed by atoms with E-state index in [1.807, 2.05) is 0 Å². The van der Waals surface area contributed by atoms with Crippen molar-refractivity contribution < 1.29 is 4.79 Å². The summed E-state index contributed by atoms with van der Waals surface area (Å²) in [6.07, 6.45) is 6.12. The topological polar surface area (TPSA) is 58.7 Å². The van der Waals surface area contributed by atoms with Gasteiger partial charge in [0.15, 0.2) is 0 Å². The van der Waals surface area contributed by atoms with E-state index in [-0.39, 0.29) is 17.8 Å². The van der Waals surface area contributed by atoms with Crippen molar-refractivity contribution in [3.05, 3.63) is 0 Å². The van der Waals surface area contributed by atoms with Crippen LogP contribution in [0.5, 0.6) is 0 Å². The van der Waals surface area contributed by atoms with Gasteiger partial charge in [-0.05, 0) is 12.2 Å². The molecule has 0 aromatic carbocycles. The van der Waals surface area contributed by atoms with Crippen LogP contribution in [-0.4, -0.2) is 39.9 Å². The first-order valence-electron chi connectivity index (χ1n) is 4.84. The zero-order valence-corrected chi connectivity index (χ0v) is 9.38. The highest BCUT2D eigenvalue weighted by Gasteiger charge is 2.54. The quantitative estimate of drug-likeness (QED) is 0.665. The lowest BCUT2D eigenvalue weighted by Crippen LogP contribution is -2.57. The van der Waals surface area contributed by atoms with Gasteiger partial charge in [-0.25, -0.2) is 4.79 Å². The molecule has 1 fully saturated rings. The van der Waals surface area contributed by atoms with Crippen LogP contribution in [0.25, 0.3) is 0 Å². The number of hydrogen-bond donors (Lipinski definition) is 1. The third-order valence-electron chi connectivity index (χ3n) is 3.15. The molecule has 5 heteroatoms. The van der Waals surface area contributed by atoms with E-state index in [2.05, 4.69) is 17.8 Å². The Labute approximate surface area is 93.3 Å². The average molecular weight is 223 g/mol. The number of thioether (sulfide) groups is 1. The maximum Gasteiger partial charge on any atom is 0.346 e. The number of nitrogens with two attached hydrogens (primary N) is 1. The first-order valence-corrected chi connectivity index (χ1v) is 5.89. The van der Waals surface area contributed by atoms with Crippen molar-refractivity contribution in [1.82, 2.24) is 4.90 Å². The second kappa shape index (κ2) is 3.46. The van der Waals surface area contributed by atoms with Crippen LogP contribution in [0, 0.1) is 12.3 Å². The van der Waals surface area contributed by atoms with Gasteiger partial charge in [0.25, 0.3) is 0 Å². The van der Waals surface area contributed by atoms with Gasteiger partial charge in [0.05, 0.1) is 6.54 Å². The molecular weight excluding hydrogens is 210 g/mol. The maximum atomic E-state index is 11.6. The Morgan fingerprint density at radius 1 is 1.87 bits per heavy atom. The fraction of sp³-hybridized carbons (Fsp3) is 0.600. The van der Waals surface area contributed by atoms with Crippen molar-refractivity contribution >= 4 is 23.6 Å². The van der Waals surface area contributed by atoms with Crippen LogP contribution in [0.1, 0.15) is 13.3 Å². The molecule has 2 aliphatic heterocycles. The average Bonchev–Trinajstić information content (AvgIpc) is 2.66. The van der Waals surface area contributed by atoms with E-state index in [0.29, 0.717) is 5.84 Å². The molecule has 0 radical (unpaired) electrons. The number of terminal acetylenes is 1. The molecule has 80 valence electrons. The van der Waals surface area contributed by atoms with Gasteiger partial charge in [-0.2, -0.15) is 16.8 Å². The molecule has 2 aliphatic rings. The molecular formula is C10H13N3OS. The second-order valence-corrected chi connectivity index (χ2v) is 5.21. The molecule has 2 N–H and O–H groups in total. The molecule has 0 aromatic heterocycles. The molecule has 0 saturated carbocycles. The summed E-state index contributed by atoms with van der Waals surface area (Å²) >= 11 is 1.81. The summed E-state index contributed by atoms with van der Waals surface area (Å²) in [5.74, 6) is 3.92. The zero-order valence-electron chi connectivity index (χ0n) is 8.56. The number of rotatable bonds is 1. The Hall–Kier alpha value is -1.15. The van der Waals surface area contributed by atoms with Crippen LogP contribution in [-0.2, 0) is 0 Å².